The predicted octanol–water partition coefficient (Wildman–Crippen LogP) is 4.29. The highest BCUT2D eigenvalue weighted by molar-refractivity contribution is 5.51. The molecule has 3 rings (SSSR count). The Morgan fingerprint density at radius 1 is 0.818 bits per heavy atom. The molecule has 22 heavy (non-hydrogen) atoms. The van der Waals surface area contributed by atoms with E-state index >= 15 is 0 Å². The average molecular weight is 290 g/mol. The smallest absolute Gasteiger partial charge is 0.119 e. The van der Waals surface area contributed by atoms with Crippen molar-refractivity contribution >= 4 is 5.69 Å². The van der Waals surface area contributed by atoms with E-state index in [1.807, 2.05) is 54.9 Å². The molecule has 0 saturated heterocycles. The molecular weight excluding hydrogens is 272 g/mol. The van der Waals surface area contributed by atoms with E-state index in [4.69, 9.17) is 4.74 Å². The third-order valence-electron chi connectivity index (χ3n) is 3.57. The molecule has 3 nitrogen and oxygen atoms in total. The Labute approximate surface area is 130 Å². The highest BCUT2D eigenvalue weighted by atomic mass is 16.5. The Hall–Kier alpha value is -2.81. The zero-order valence-electron chi connectivity index (χ0n) is 12.4. The van der Waals surface area contributed by atoms with Crippen LogP contribution in [0.4, 0.5) is 5.69 Å². The van der Waals surface area contributed by atoms with E-state index in [0.29, 0.717) is 0 Å². The Morgan fingerprint density at radius 2 is 1.45 bits per heavy atom. The van der Waals surface area contributed by atoms with Gasteiger partial charge in [-0.2, -0.15) is 0 Å². The molecule has 0 bridgehead atoms. The first-order valence-corrected chi connectivity index (χ1v) is 7.22. The average Bonchev–Trinajstić information content (AvgIpc) is 2.62. The number of nitrogens with one attached hydrogen (secondary N) is 1. The van der Waals surface area contributed by atoms with E-state index in [9.17, 15) is 0 Å². The molecule has 3 heteroatoms. The molecule has 0 amide bonds. The second-order valence-electron chi connectivity index (χ2n) is 5.00. The monoisotopic (exact) mass is 290 g/mol. The molecule has 0 spiro atoms. The molecule has 1 heterocycles. The molecule has 0 aliphatic carbocycles. The van der Waals surface area contributed by atoms with Crippen LogP contribution in [0.1, 0.15) is 17.2 Å². The highest BCUT2D eigenvalue weighted by Crippen LogP contribution is 2.27. The van der Waals surface area contributed by atoms with Crippen molar-refractivity contribution in [2.75, 3.05) is 12.4 Å². The van der Waals surface area contributed by atoms with Gasteiger partial charge in [0, 0.05) is 18.1 Å². The summed E-state index contributed by atoms with van der Waals surface area (Å²) in [4.78, 5) is 4.11. The lowest BCUT2D eigenvalue weighted by Crippen LogP contribution is -2.12. The Morgan fingerprint density at radius 3 is 2.09 bits per heavy atom. The van der Waals surface area contributed by atoms with Gasteiger partial charge in [-0.15, -0.1) is 0 Å². The van der Waals surface area contributed by atoms with Gasteiger partial charge in [0.05, 0.1) is 13.2 Å². The number of rotatable bonds is 5. The van der Waals surface area contributed by atoms with Crippen LogP contribution in [0.2, 0.25) is 0 Å². The molecule has 0 aliphatic rings. The molecule has 1 aromatic heterocycles. The molecular formula is C19H18N2O. The van der Waals surface area contributed by atoms with E-state index in [1.165, 1.54) is 11.1 Å². The summed E-state index contributed by atoms with van der Waals surface area (Å²) in [6, 6.07) is 22.5. The topological polar surface area (TPSA) is 34.1 Å². The summed E-state index contributed by atoms with van der Waals surface area (Å²) in [5.74, 6) is 0.853. The maximum Gasteiger partial charge on any atom is 0.119 e. The highest BCUT2D eigenvalue weighted by Gasteiger charge is 2.13. The predicted molar refractivity (Wildman–Crippen MR) is 89.1 cm³/mol. The Kier molecular flexibility index (Phi) is 4.35. The van der Waals surface area contributed by atoms with Crippen molar-refractivity contribution in [3.8, 4) is 5.75 Å². The second kappa shape index (κ2) is 6.76. The molecule has 0 radical (unpaired) electrons. The van der Waals surface area contributed by atoms with Gasteiger partial charge in [0.2, 0.25) is 0 Å². The van der Waals surface area contributed by atoms with Gasteiger partial charge in [0.1, 0.15) is 5.75 Å². The molecule has 0 unspecified atom stereocenters. The van der Waals surface area contributed by atoms with E-state index in [2.05, 4.69) is 34.6 Å². The fraction of sp³-hybridized carbons (Fsp3) is 0.105. The summed E-state index contributed by atoms with van der Waals surface area (Å²) in [5.41, 5.74) is 3.44. The van der Waals surface area contributed by atoms with Crippen LogP contribution in [-0.4, -0.2) is 12.1 Å². The molecule has 3 aromatic rings. The van der Waals surface area contributed by atoms with Crippen LogP contribution >= 0.6 is 0 Å². The summed E-state index contributed by atoms with van der Waals surface area (Å²) >= 11 is 0. The molecule has 0 fully saturated rings. The normalized spacial score (nSPS) is 11.7. The quantitative estimate of drug-likeness (QED) is 0.761. The van der Waals surface area contributed by atoms with E-state index in [-0.39, 0.29) is 6.04 Å². The Balaban J connectivity index is 1.91. The lowest BCUT2D eigenvalue weighted by Gasteiger charge is -2.21. The lowest BCUT2D eigenvalue weighted by atomic mass is 9.99. The van der Waals surface area contributed by atoms with Gasteiger partial charge >= 0.3 is 0 Å². The van der Waals surface area contributed by atoms with Gasteiger partial charge in [-0.1, -0.05) is 30.3 Å². The second-order valence-corrected chi connectivity index (χ2v) is 5.00. The number of pyridine rings is 1. The number of hydrogen-bond acceptors (Lipinski definition) is 3. The van der Waals surface area contributed by atoms with Crippen LogP contribution in [0.5, 0.6) is 5.75 Å². The number of methoxy groups -OCH3 is 1. The van der Waals surface area contributed by atoms with Gasteiger partial charge < -0.3 is 10.1 Å². The van der Waals surface area contributed by atoms with Crippen molar-refractivity contribution < 1.29 is 4.74 Å². The largest absolute Gasteiger partial charge is 0.497 e. The zero-order valence-corrected chi connectivity index (χ0v) is 12.4. The fourth-order valence-corrected chi connectivity index (χ4v) is 2.41. The van der Waals surface area contributed by atoms with Crippen LogP contribution in [0, 0.1) is 0 Å². The summed E-state index contributed by atoms with van der Waals surface area (Å²) in [7, 11) is 1.67. The number of anilines is 1. The van der Waals surface area contributed by atoms with Crippen molar-refractivity contribution in [1.29, 1.82) is 0 Å². The van der Waals surface area contributed by atoms with Crippen LogP contribution < -0.4 is 10.1 Å². The van der Waals surface area contributed by atoms with Gasteiger partial charge in [0.25, 0.3) is 0 Å². The van der Waals surface area contributed by atoms with Gasteiger partial charge in [-0.25, -0.2) is 0 Å². The number of nitrogens with zero attached hydrogens (tertiary/aromatic N) is 1. The van der Waals surface area contributed by atoms with Crippen LogP contribution in [0.15, 0.2) is 79.1 Å². The van der Waals surface area contributed by atoms with Gasteiger partial charge in [-0.3, -0.25) is 4.98 Å². The molecule has 0 saturated carbocycles. The maximum atomic E-state index is 5.21. The van der Waals surface area contributed by atoms with Crippen LogP contribution in [0.25, 0.3) is 0 Å². The van der Waals surface area contributed by atoms with Crippen molar-refractivity contribution in [3.05, 3.63) is 90.3 Å². The van der Waals surface area contributed by atoms with Crippen LogP contribution in [0.3, 0.4) is 0 Å². The molecule has 1 atom stereocenters. The van der Waals surface area contributed by atoms with Gasteiger partial charge in [-0.05, 0) is 47.5 Å². The number of aromatic nitrogens is 1. The minimum atomic E-state index is 0.0811. The Bertz CT molecular complexity index is 657. The standard InChI is InChI=1S/C19H18N2O/c1-22-18-9-7-17(8-10-18)21-19(15-5-3-2-4-6-15)16-11-13-20-14-12-16/h2-14,19,21H,1H3/t19-/m1/s1. The van der Waals surface area contributed by atoms with Crippen LogP contribution in [-0.2, 0) is 0 Å². The summed E-state index contributed by atoms with van der Waals surface area (Å²) in [6.45, 7) is 0. The SMILES string of the molecule is COc1ccc(N[C@H](c2ccccc2)c2ccncc2)cc1. The lowest BCUT2D eigenvalue weighted by molar-refractivity contribution is 0.415. The molecule has 2 aromatic carbocycles. The van der Waals surface area contributed by atoms with Crippen molar-refractivity contribution in [1.82, 2.24) is 4.98 Å². The first-order valence-electron chi connectivity index (χ1n) is 7.22. The minimum Gasteiger partial charge on any atom is -0.497 e. The number of ether oxygens (including phenoxy) is 1. The van der Waals surface area contributed by atoms with E-state index < -0.39 is 0 Å². The third-order valence-corrected chi connectivity index (χ3v) is 3.57. The molecule has 110 valence electrons. The van der Waals surface area contributed by atoms with Crippen molar-refractivity contribution in [2.24, 2.45) is 0 Å². The third kappa shape index (κ3) is 3.26. The molecule has 1 N–H and O–H groups in total. The summed E-state index contributed by atoms with van der Waals surface area (Å²) < 4.78 is 5.21. The number of hydrogen-bond donors (Lipinski definition) is 1. The first-order chi connectivity index (χ1) is 10.9. The van der Waals surface area contributed by atoms with E-state index in [0.717, 1.165) is 11.4 Å². The zero-order chi connectivity index (χ0) is 15.2. The van der Waals surface area contributed by atoms with Crippen molar-refractivity contribution in [2.45, 2.75) is 6.04 Å². The van der Waals surface area contributed by atoms with E-state index in [1.54, 1.807) is 7.11 Å². The summed E-state index contributed by atoms with van der Waals surface area (Å²) in [6.07, 6.45) is 3.64. The minimum absolute atomic E-state index is 0.0811. The fourth-order valence-electron chi connectivity index (χ4n) is 2.41. The summed E-state index contributed by atoms with van der Waals surface area (Å²) in [5, 5.41) is 3.58. The first kappa shape index (κ1) is 14.1. The number of benzene rings is 2. The van der Waals surface area contributed by atoms with Gasteiger partial charge in [0.15, 0.2) is 0 Å². The maximum absolute atomic E-state index is 5.21. The van der Waals surface area contributed by atoms with Crippen molar-refractivity contribution in [3.63, 3.8) is 0 Å². The molecule has 0 aliphatic heterocycles.